The highest BCUT2D eigenvalue weighted by Gasteiger charge is 2.36. The van der Waals surface area contributed by atoms with Crippen molar-refractivity contribution in [1.82, 2.24) is 46.6 Å². The van der Waals surface area contributed by atoms with E-state index in [1.165, 1.54) is 14.2 Å². The first kappa shape index (κ1) is 45.8. The molecule has 0 bridgehead atoms. The zero-order chi connectivity index (χ0) is 43.3. The Morgan fingerprint density at radius 3 is 1.97 bits per heavy atom. The normalized spacial score (nSPS) is 14.3. The number of hydrogen-bond donors (Lipinski definition) is 5. The fraction of sp³-hybridized carbons (Fsp3) is 0.465. The maximum atomic E-state index is 13.9. The molecule has 0 saturated carbocycles. The number of nitrogens with one attached hydrogen (secondary N) is 4. The third kappa shape index (κ3) is 12.8. The number of carbonyl (C=O) groups is 4. The first-order valence-electron chi connectivity index (χ1n) is 19.7. The molecular formula is C43H59N9O7. The summed E-state index contributed by atoms with van der Waals surface area (Å²) in [5.74, 6) is -0.879. The lowest BCUT2D eigenvalue weighted by Crippen LogP contribution is -2.60. The Morgan fingerprint density at radius 2 is 1.39 bits per heavy atom. The lowest BCUT2D eigenvalue weighted by atomic mass is 9.85. The zero-order valence-corrected chi connectivity index (χ0v) is 35.4. The van der Waals surface area contributed by atoms with Crippen molar-refractivity contribution in [3.8, 4) is 11.4 Å². The number of hydrazine groups is 1. The van der Waals surface area contributed by atoms with Gasteiger partial charge in [-0.1, -0.05) is 126 Å². The second-order valence-corrected chi connectivity index (χ2v) is 16.2. The molecule has 16 nitrogen and oxygen atoms in total. The Bertz CT molecular complexity index is 1970. The van der Waals surface area contributed by atoms with Crippen molar-refractivity contribution in [2.24, 2.45) is 11.3 Å². The van der Waals surface area contributed by atoms with Gasteiger partial charge in [0.1, 0.15) is 17.6 Å². The minimum Gasteiger partial charge on any atom is -0.453 e. The number of benzene rings is 3. The van der Waals surface area contributed by atoms with Gasteiger partial charge in [-0.3, -0.25) is 15.0 Å². The molecule has 0 radical (unpaired) electrons. The van der Waals surface area contributed by atoms with Crippen molar-refractivity contribution in [2.45, 2.75) is 97.6 Å². The maximum Gasteiger partial charge on any atom is 0.407 e. The minimum absolute atomic E-state index is 0.121. The van der Waals surface area contributed by atoms with Crippen LogP contribution < -0.4 is 21.4 Å². The van der Waals surface area contributed by atoms with Crippen LogP contribution >= 0.6 is 0 Å². The predicted molar refractivity (Wildman–Crippen MR) is 222 cm³/mol. The molecule has 0 spiro atoms. The lowest BCUT2D eigenvalue weighted by molar-refractivity contribution is -0.131. The molecule has 0 saturated heterocycles. The van der Waals surface area contributed by atoms with E-state index < -0.39 is 59.2 Å². The Hall–Kier alpha value is -5.87. The van der Waals surface area contributed by atoms with Gasteiger partial charge < -0.3 is 30.5 Å². The predicted octanol–water partition coefficient (Wildman–Crippen LogP) is 4.59. The summed E-state index contributed by atoms with van der Waals surface area (Å²) in [4.78, 5) is 53.9. The molecule has 5 unspecified atom stereocenters. The summed E-state index contributed by atoms with van der Waals surface area (Å²) in [6.45, 7) is 13.1. The van der Waals surface area contributed by atoms with E-state index in [0.717, 1.165) is 22.3 Å². The molecule has 16 heteroatoms. The summed E-state index contributed by atoms with van der Waals surface area (Å²) in [7, 11) is 2.44. The Labute approximate surface area is 346 Å². The number of tetrazole rings is 1. The molecule has 4 rings (SSSR count). The third-order valence-corrected chi connectivity index (χ3v) is 10.3. The Kier molecular flexibility index (Phi) is 16.1. The highest BCUT2D eigenvalue weighted by Crippen LogP contribution is 2.25. The van der Waals surface area contributed by atoms with Gasteiger partial charge in [0, 0.05) is 18.7 Å². The summed E-state index contributed by atoms with van der Waals surface area (Å²) < 4.78 is 9.59. The summed E-state index contributed by atoms with van der Waals surface area (Å²) in [5.41, 5.74) is 5.00. The largest absolute Gasteiger partial charge is 0.453 e. The van der Waals surface area contributed by atoms with E-state index in [2.05, 4.69) is 36.8 Å². The number of aliphatic hydroxyl groups excluding tert-OH is 1. The molecule has 5 N–H and O–H groups in total. The van der Waals surface area contributed by atoms with Gasteiger partial charge in [0.25, 0.3) is 5.91 Å². The zero-order valence-electron chi connectivity index (χ0n) is 35.4. The van der Waals surface area contributed by atoms with Crippen LogP contribution in [-0.4, -0.2) is 99.3 Å². The summed E-state index contributed by atoms with van der Waals surface area (Å²) in [6, 6.07) is 23.8. The number of ether oxygens (including phenoxy) is 2. The molecule has 1 aromatic heterocycles. The molecule has 0 aliphatic carbocycles. The van der Waals surface area contributed by atoms with E-state index >= 15 is 0 Å². The SMILES string of the molecule is CCC(C)C(NC(=O)OC)C(=O)NN(Cc1ccc(-c2nnn(C(C)(C)c3ccccc3)n2)cc1)CC(O)C(Cc1ccccc1)NC(=O)C(NC(=O)OC)C(C)(C)C. The van der Waals surface area contributed by atoms with Crippen molar-refractivity contribution in [1.29, 1.82) is 0 Å². The number of aromatic nitrogens is 4. The van der Waals surface area contributed by atoms with Gasteiger partial charge in [0.2, 0.25) is 11.7 Å². The number of methoxy groups -OCH3 is 2. The third-order valence-electron chi connectivity index (χ3n) is 10.3. The average Bonchev–Trinajstić information content (AvgIpc) is 3.73. The second kappa shape index (κ2) is 20.7. The van der Waals surface area contributed by atoms with Crippen LogP contribution in [-0.2, 0) is 37.6 Å². The summed E-state index contributed by atoms with van der Waals surface area (Å²) >= 11 is 0. The van der Waals surface area contributed by atoms with Crippen LogP contribution in [0.25, 0.3) is 11.4 Å². The monoisotopic (exact) mass is 813 g/mol. The Morgan fingerprint density at radius 1 is 0.797 bits per heavy atom. The van der Waals surface area contributed by atoms with E-state index in [-0.39, 0.29) is 25.4 Å². The molecule has 0 aliphatic rings. The van der Waals surface area contributed by atoms with Crippen molar-refractivity contribution in [2.75, 3.05) is 20.8 Å². The fourth-order valence-electron chi connectivity index (χ4n) is 6.39. The molecule has 59 heavy (non-hydrogen) atoms. The molecule has 318 valence electrons. The molecule has 5 atom stereocenters. The molecule has 4 aromatic rings. The fourth-order valence-corrected chi connectivity index (χ4v) is 6.39. The smallest absolute Gasteiger partial charge is 0.407 e. The van der Waals surface area contributed by atoms with Crippen LogP contribution in [0.15, 0.2) is 84.9 Å². The highest BCUT2D eigenvalue weighted by molar-refractivity contribution is 5.87. The second-order valence-electron chi connectivity index (χ2n) is 16.2. The number of amides is 4. The van der Waals surface area contributed by atoms with E-state index in [4.69, 9.17) is 9.47 Å². The first-order valence-corrected chi connectivity index (χ1v) is 19.7. The minimum atomic E-state index is -1.25. The Balaban J connectivity index is 1.64. The van der Waals surface area contributed by atoms with Gasteiger partial charge in [-0.05, 0) is 53.5 Å². The summed E-state index contributed by atoms with van der Waals surface area (Å²) in [5, 5.41) is 35.1. The van der Waals surface area contributed by atoms with Crippen LogP contribution in [0.1, 0.15) is 71.6 Å². The number of nitrogens with zero attached hydrogens (tertiary/aromatic N) is 5. The highest BCUT2D eigenvalue weighted by atomic mass is 16.5. The molecule has 0 fully saturated rings. The topological polar surface area (TPSA) is 202 Å². The van der Waals surface area contributed by atoms with Crippen LogP contribution in [0.4, 0.5) is 9.59 Å². The van der Waals surface area contributed by atoms with Gasteiger partial charge in [-0.25, -0.2) is 14.6 Å². The van der Waals surface area contributed by atoms with E-state index in [9.17, 15) is 24.3 Å². The molecule has 3 aromatic carbocycles. The van der Waals surface area contributed by atoms with Crippen LogP contribution in [0.3, 0.4) is 0 Å². The van der Waals surface area contributed by atoms with Crippen molar-refractivity contribution in [3.63, 3.8) is 0 Å². The standard InChI is InChI=1S/C43H59N9O7/c1-10-28(2)35(45-40(56)58-8)38(54)49-51(26-30-21-23-31(24-22-30)37-47-50-52(48-37)43(6,7)32-19-15-12-16-20-32)27-34(53)33(25-29-17-13-11-14-18-29)44-39(55)36(42(3,4)5)46-41(57)59-9/h11-24,28,33-36,53H,10,25-27H2,1-9H3,(H,44,55)(H,45,56)(H,46,57)(H,49,54). The quantitative estimate of drug-likeness (QED) is 0.0881. The summed E-state index contributed by atoms with van der Waals surface area (Å²) in [6.07, 6.45) is -1.97. The molecule has 0 aliphatic heterocycles. The van der Waals surface area contributed by atoms with E-state index in [1.54, 1.807) is 30.6 Å². The number of hydrogen-bond acceptors (Lipinski definition) is 11. The van der Waals surface area contributed by atoms with Crippen LogP contribution in [0, 0.1) is 11.3 Å². The maximum absolute atomic E-state index is 13.9. The van der Waals surface area contributed by atoms with Crippen LogP contribution in [0.2, 0.25) is 0 Å². The van der Waals surface area contributed by atoms with Gasteiger partial charge in [0.15, 0.2) is 0 Å². The van der Waals surface area contributed by atoms with Crippen molar-refractivity contribution >= 4 is 24.0 Å². The van der Waals surface area contributed by atoms with Gasteiger partial charge in [0.05, 0.1) is 26.4 Å². The van der Waals surface area contributed by atoms with Crippen LogP contribution in [0.5, 0.6) is 0 Å². The van der Waals surface area contributed by atoms with E-state index in [0.29, 0.717) is 12.2 Å². The molecule has 4 amide bonds. The van der Waals surface area contributed by atoms with Gasteiger partial charge >= 0.3 is 12.2 Å². The number of aliphatic hydroxyl groups is 1. The lowest BCUT2D eigenvalue weighted by Gasteiger charge is -2.35. The van der Waals surface area contributed by atoms with E-state index in [1.807, 2.05) is 113 Å². The number of alkyl carbamates (subject to hydrolysis) is 2. The van der Waals surface area contributed by atoms with Gasteiger partial charge in [-0.15, -0.1) is 10.2 Å². The van der Waals surface area contributed by atoms with Crippen molar-refractivity contribution < 1.29 is 33.8 Å². The number of carbonyl (C=O) groups excluding carboxylic acids is 4. The van der Waals surface area contributed by atoms with Crippen molar-refractivity contribution in [3.05, 3.63) is 102 Å². The molecule has 1 heterocycles. The number of rotatable bonds is 18. The molecular weight excluding hydrogens is 755 g/mol. The first-order chi connectivity index (χ1) is 28.0. The average molecular weight is 814 g/mol. The van der Waals surface area contributed by atoms with Gasteiger partial charge in [-0.2, -0.15) is 4.80 Å².